The minimum atomic E-state index is -0.235. The Bertz CT molecular complexity index is 2540. The van der Waals surface area contributed by atoms with Gasteiger partial charge in [0.25, 0.3) is 0 Å². The molecule has 9 rings (SSSR count). The molecule has 0 aliphatic heterocycles. The van der Waals surface area contributed by atoms with Crippen molar-refractivity contribution < 1.29 is 4.39 Å². The van der Waals surface area contributed by atoms with Crippen molar-refractivity contribution in [3.8, 4) is 44.5 Å². The van der Waals surface area contributed by atoms with Crippen molar-refractivity contribution in [1.82, 2.24) is 0 Å². The van der Waals surface area contributed by atoms with Gasteiger partial charge in [-0.25, -0.2) is 4.39 Å². The van der Waals surface area contributed by atoms with Crippen LogP contribution in [0.2, 0.25) is 0 Å². The third-order valence-electron chi connectivity index (χ3n) is 10.5. The summed E-state index contributed by atoms with van der Waals surface area (Å²) < 4.78 is 14.4. The fourth-order valence-electron chi connectivity index (χ4n) is 8.05. The van der Waals surface area contributed by atoms with E-state index in [0.29, 0.717) is 0 Å². The molecule has 0 aromatic heterocycles. The molecular formula is C49H36FN. The lowest BCUT2D eigenvalue weighted by atomic mass is 9.82. The first-order chi connectivity index (χ1) is 25.0. The fourth-order valence-corrected chi connectivity index (χ4v) is 8.05. The number of fused-ring (bicyclic) bond motifs is 4. The minimum absolute atomic E-state index is 0.109. The molecule has 0 fully saturated rings. The van der Waals surface area contributed by atoms with Gasteiger partial charge >= 0.3 is 0 Å². The van der Waals surface area contributed by atoms with Crippen LogP contribution >= 0.6 is 0 Å². The van der Waals surface area contributed by atoms with Gasteiger partial charge in [-0.05, 0) is 103 Å². The van der Waals surface area contributed by atoms with Crippen molar-refractivity contribution in [1.29, 1.82) is 0 Å². The zero-order valence-corrected chi connectivity index (χ0v) is 28.6. The van der Waals surface area contributed by atoms with Crippen LogP contribution in [0.15, 0.2) is 182 Å². The van der Waals surface area contributed by atoms with Crippen LogP contribution in [0, 0.1) is 5.82 Å². The molecule has 244 valence electrons. The second-order valence-electron chi connectivity index (χ2n) is 13.9. The van der Waals surface area contributed by atoms with Gasteiger partial charge in [0, 0.05) is 22.4 Å². The lowest BCUT2D eigenvalue weighted by Gasteiger charge is -2.29. The number of anilines is 3. The third-order valence-corrected chi connectivity index (χ3v) is 10.5. The first-order valence-corrected chi connectivity index (χ1v) is 17.5. The molecule has 8 aromatic carbocycles. The van der Waals surface area contributed by atoms with Crippen LogP contribution in [0.25, 0.3) is 55.3 Å². The van der Waals surface area contributed by atoms with Gasteiger partial charge in [-0.2, -0.15) is 0 Å². The summed E-state index contributed by atoms with van der Waals surface area (Å²) in [6, 6.07) is 63.5. The van der Waals surface area contributed by atoms with Crippen LogP contribution in [0.5, 0.6) is 0 Å². The highest BCUT2D eigenvalue weighted by molar-refractivity contribution is 6.06. The van der Waals surface area contributed by atoms with Gasteiger partial charge < -0.3 is 4.90 Å². The maximum absolute atomic E-state index is 14.4. The number of rotatable bonds is 6. The molecular weight excluding hydrogens is 622 g/mol. The maximum atomic E-state index is 14.4. The lowest BCUT2D eigenvalue weighted by Crippen LogP contribution is -2.16. The van der Waals surface area contributed by atoms with Gasteiger partial charge in [-0.3, -0.25) is 0 Å². The molecule has 0 saturated heterocycles. The number of halogens is 1. The van der Waals surface area contributed by atoms with Crippen molar-refractivity contribution in [2.45, 2.75) is 19.3 Å². The molecule has 0 radical (unpaired) electrons. The summed E-state index contributed by atoms with van der Waals surface area (Å²) >= 11 is 0. The highest BCUT2D eigenvalue weighted by Gasteiger charge is 2.37. The van der Waals surface area contributed by atoms with Crippen LogP contribution in [-0.2, 0) is 5.41 Å². The van der Waals surface area contributed by atoms with E-state index in [4.69, 9.17) is 0 Å². The fraction of sp³-hybridized carbons (Fsp3) is 0.0612. The Labute approximate surface area is 298 Å². The van der Waals surface area contributed by atoms with Crippen molar-refractivity contribution in [3.63, 3.8) is 0 Å². The first-order valence-electron chi connectivity index (χ1n) is 17.5. The normalized spacial score (nSPS) is 12.8. The predicted molar refractivity (Wildman–Crippen MR) is 212 cm³/mol. The minimum Gasteiger partial charge on any atom is -0.310 e. The van der Waals surface area contributed by atoms with E-state index in [0.717, 1.165) is 50.1 Å². The molecule has 0 saturated carbocycles. The van der Waals surface area contributed by atoms with Crippen molar-refractivity contribution in [2.75, 3.05) is 4.90 Å². The van der Waals surface area contributed by atoms with E-state index in [-0.39, 0.29) is 11.2 Å². The SMILES string of the molecule is CC1(C)c2ccccc2-c2c(N(c3ccc(-c4ccccc4)cc3)c3ccc(-c4cccc5cccc(-c6cccc(F)c6)c45)cc3)cccc21. The second kappa shape index (κ2) is 12.3. The highest BCUT2D eigenvalue weighted by Crippen LogP contribution is 2.54. The van der Waals surface area contributed by atoms with Crippen LogP contribution < -0.4 is 4.90 Å². The molecule has 0 bridgehead atoms. The summed E-state index contributed by atoms with van der Waals surface area (Å²) in [7, 11) is 0. The van der Waals surface area contributed by atoms with E-state index in [2.05, 4.69) is 170 Å². The number of benzene rings is 8. The van der Waals surface area contributed by atoms with Gasteiger partial charge in [0.05, 0.1) is 5.69 Å². The monoisotopic (exact) mass is 657 g/mol. The van der Waals surface area contributed by atoms with Gasteiger partial charge in [-0.1, -0.05) is 153 Å². The highest BCUT2D eigenvalue weighted by atomic mass is 19.1. The molecule has 0 heterocycles. The Morgan fingerprint density at radius 3 is 1.67 bits per heavy atom. The van der Waals surface area contributed by atoms with E-state index >= 15 is 0 Å². The molecule has 51 heavy (non-hydrogen) atoms. The van der Waals surface area contributed by atoms with Gasteiger partial charge in [-0.15, -0.1) is 0 Å². The first kappa shape index (κ1) is 30.8. The lowest BCUT2D eigenvalue weighted by molar-refractivity contribution is 0.628. The van der Waals surface area contributed by atoms with E-state index in [1.165, 1.54) is 39.4 Å². The molecule has 8 aromatic rings. The smallest absolute Gasteiger partial charge is 0.123 e. The number of nitrogens with zero attached hydrogens (tertiary/aromatic N) is 1. The summed E-state index contributed by atoms with van der Waals surface area (Å²) in [5.74, 6) is -0.235. The molecule has 0 atom stereocenters. The predicted octanol–water partition coefficient (Wildman–Crippen LogP) is 13.8. The molecule has 2 heteroatoms. The molecule has 0 N–H and O–H groups in total. The maximum Gasteiger partial charge on any atom is 0.123 e. The zero-order chi connectivity index (χ0) is 34.5. The number of hydrogen-bond acceptors (Lipinski definition) is 1. The summed E-state index contributed by atoms with van der Waals surface area (Å²) in [6.45, 7) is 4.66. The zero-order valence-electron chi connectivity index (χ0n) is 28.6. The molecule has 1 aliphatic carbocycles. The second-order valence-corrected chi connectivity index (χ2v) is 13.9. The van der Waals surface area contributed by atoms with Gasteiger partial charge in [0.2, 0.25) is 0 Å². The molecule has 0 amide bonds. The topological polar surface area (TPSA) is 3.24 Å². The standard InChI is InChI=1S/C49H36FN/c1-49(2)44-21-7-6-18-43(44)48-45(49)22-11-23-46(48)51(39-28-24-34(25-29-39)33-12-4-3-5-13-33)40-30-26-35(27-31-40)41-19-9-14-36-15-10-20-42(47(36)41)37-16-8-17-38(50)32-37/h3-32H,1-2H3. The quantitative estimate of drug-likeness (QED) is 0.172. The summed E-state index contributed by atoms with van der Waals surface area (Å²) in [5, 5.41) is 2.24. The van der Waals surface area contributed by atoms with Crippen LogP contribution in [-0.4, -0.2) is 0 Å². The van der Waals surface area contributed by atoms with Crippen LogP contribution in [0.1, 0.15) is 25.0 Å². The van der Waals surface area contributed by atoms with Crippen molar-refractivity contribution in [2.24, 2.45) is 0 Å². The number of hydrogen-bond donors (Lipinski definition) is 0. The summed E-state index contributed by atoms with van der Waals surface area (Å²) in [6.07, 6.45) is 0. The third kappa shape index (κ3) is 5.23. The Morgan fingerprint density at radius 2 is 0.961 bits per heavy atom. The Hall–Kier alpha value is -6.25. The Balaban J connectivity index is 1.20. The molecule has 0 unspecified atom stereocenters. The van der Waals surface area contributed by atoms with E-state index in [9.17, 15) is 4.39 Å². The summed E-state index contributed by atoms with van der Waals surface area (Å²) in [4.78, 5) is 2.40. The average molecular weight is 658 g/mol. The molecule has 1 nitrogen and oxygen atoms in total. The van der Waals surface area contributed by atoms with E-state index in [1.807, 2.05) is 12.1 Å². The Kier molecular flexibility index (Phi) is 7.40. The van der Waals surface area contributed by atoms with Gasteiger partial charge in [0.1, 0.15) is 5.82 Å². The van der Waals surface area contributed by atoms with Gasteiger partial charge in [0.15, 0.2) is 0 Å². The van der Waals surface area contributed by atoms with Crippen LogP contribution in [0.4, 0.5) is 21.5 Å². The van der Waals surface area contributed by atoms with Crippen molar-refractivity contribution >= 4 is 27.8 Å². The van der Waals surface area contributed by atoms with Crippen molar-refractivity contribution in [3.05, 3.63) is 199 Å². The average Bonchev–Trinajstić information content (AvgIpc) is 3.42. The summed E-state index contributed by atoms with van der Waals surface area (Å²) in [5.41, 5.74) is 15.0. The van der Waals surface area contributed by atoms with Crippen LogP contribution in [0.3, 0.4) is 0 Å². The molecule has 0 spiro atoms. The molecule has 1 aliphatic rings. The van der Waals surface area contributed by atoms with E-state index < -0.39 is 0 Å². The largest absolute Gasteiger partial charge is 0.310 e. The Morgan fingerprint density at radius 1 is 0.431 bits per heavy atom. The van der Waals surface area contributed by atoms with E-state index in [1.54, 1.807) is 12.1 Å².